The smallest absolute Gasteiger partial charge is 0.317 e. The van der Waals surface area contributed by atoms with Crippen molar-refractivity contribution in [3.63, 3.8) is 0 Å². The van der Waals surface area contributed by atoms with Gasteiger partial charge in [-0.25, -0.2) is 4.79 Å². The van der Waals surface area contributed by atoms with E-state index in [0.29, 0.717) is 32.5 Å². The van der Waals surface area contributed by atoms with Gasteiger partial charge in [0, 0.05) is 46.7 Å². The summed E-state index contributed by atoms with van der Waals surface area (Å²) in [5, 5.41) is 2.99. The maximum Gasteiger partial charge on any atom is 0.317 e. The first-order valence-corrected chi connectivity index (χ1v) is 7.86. The molecular weight excluding hydrogens is 280 g/mol. The summed E-state index contributed by atoms with van der Waals surface area (Å²) in [7, 11) is 3.31. The SMILES string of the molecule is COC1(OC)CCN(C(=O)NCCCc2ccccc2)CC1. The van der Waals surface area contributed by atoms with Gasteiger partial charge >= 0.3 is 6.03 Å². The lowest BCUT2D eigenvalue weighted by atomic mass is 10.0. The Balaban J connectivity index is 1.66. The number of rotatable bonds is 6. The third-order valence-electron chi connectivity index (χ3n) is 4.32. The number of carbonyl (C=O) groups excluding carboxylic acids is 1. The average molecular weight is 306 g/mol. The summed E-state index contributed by atoms with van der Waals surface area (Å²) in [5.41, 5.74) is 1.31. The van der Waals surface area contributed by atoms with Crippen molar-refractivity contribution in [2.24, 2.45) is 0 Å². The zero-order chi connectivity index (χ0) is 15.8. The largest absolute Gasteiger partial charge is 0.353 e. The molecule has 2 amide bonds. The Hall–Kier alpha value is -1.59. The number of methoxy groups -OCH3 is 2. The predicted molar refractivity (Wildman–Crippen MR) is 85.7 cm³/mol. The molecule has 0 spiro atoms. The molecule has 1 aromatic carbocycles. The number of nitrogens with one attached hydrogen (secondary N) is 1. The highest BCUT2D eigenvalue weighted by atomic mass is 16.7. The van der Waals surface area contributed by atoms with E-state index in [1.54, 1.807) is 14.2 Å². The highest BCUT2D eigenvalue weighted by molar-refractivity contribution is 5.74. The molecule has 1 aliphatic rings. The molecule has 1 fully saturated rings. The van der Waals surface area contributed by atoms with Crippen molar-refractivity contribution in [1.82, 2.24) is 10.2 Å². The Labute approximate surface area is 132 Å². The predicted octanol–water partition coefficient (Wildman–Crippen LogP) is 2.41. The van der Waals surface area contributed by atoms with E-state index in [1.165, 1.54) is 5.56 Å². The number of carbonyl (C=O) groups is 1. The third-order valence-corrected chi connectivity index (χ3v) is 4.32. The van der Waals surface area contributed by atoms with E-state index in [0.717, 1.165) is 12.8 Å². The minimum Gasteiger partial charge on any atom is -0.353 e. The summed E-state index contributed by atoms with van der Waals surface area (Å²) in [6, 6.07) is 10.3. The average Bonchev–Trinajstić information content (AvgIpc) is 2.59. The first kappa shape index (κ1) is 16.8. The second-order valence-electron chi connectivity index (χ2n) is 5.63. The van der Waals surface area contributed by atoms with Gasteiger partial charge in [0.1, 0.15) is 0 Å². The van der Waals surface area contributed by atoms with Crippen molar-refractivity contribution < 1.29 is 14.3 Å². The molecule has 0 radical (unpaired) electrons. The van der Waals surface area contributed by atoms with Crippen LogP contribution in [0.5, 0.6) is 0 Å². The topological polar surface area (TPSA) is 50.8 Å². The monoisotopic (exact) mass is 306 g/mol. The summed E-state index contributed by atoms with van der Waals surface area (Å²) < 4.78 is 10.8. The van der Waals surface area contributed by atoms with Crippen LogP contribution in [-0.2, 0) is 15.9 Å². The Kier molecular flexibility index (Phi) is 6.21. The maximum atomic E-state index is 12.1. The van der Waals surface area contributed by atoms with E-state index < -0.39 is 5.79 Å². The minimum absolute atomic E-state index is 0.00821. The van der Waals surface area contributed by atoms with Crippen molar-refractivity contribution in [1.29, 1.82) is 0 Å². The molecule has 1 saturated heterocycles. The molecule has 5 heteroatoms. The molecule has 0 saturated carbocycles. The third kappa shape index (κ3) is 4.45. The van der Waals surface area contributed by atoms with Gasteiger partial charge in [0.05, 0.1) is 0 Å². The first-order chi connectivity index (χ1) is 10.7. The number of likely N-dealkylation sites (tertiary alicyclic amines) is 1. The molecule has 1 aliphatic heterocycles. The first-order valence-electron chi connectivity index (χ1n) is 7.86. The fourth-order valence-electron chi connectivity index (χ4n) is 2.79. The minimum atomic E-state index is -0.524. The Morgan fingerprint density at radius 1 is 1.18 bits per heavy atom. The molecule has 2 rings (SSSR count). The molecule has 5 nitrogen and oxygen atoms in total. The molecule has 1 aromatic rings. The lowest BCUT2D eigenvalue weighted by molar-refractivity contribution is -0.226. The van der Waals surface area contributed by atoms with Crippen LogP contribution >= 0.6 is 0 Å². The number of ether oxygens (including phenoxy) is 2. The van der Waals surface area contributed by atoms with E-state index in [2.05, 4.69) is 17.4 Å². The fraction of sp³-hybridized carbons (Fsp3) is 0.588. The van der Waals surface area contributed by atoms with Gasteiger partial charge in [0.15, 0.2) is 5.79 Å². The van der Waals surface area contributed by atoms with E-state index in [4.69, 9.17) is 9.47 Å². The van der Waals surface area contributed by atoms with Gasteiger partial charge in [0.25, 0.3) is 0 Å². The summed E-state index contributed by atoms with van der Waals surface area (Å²) in [5.74, 6) is -0.524. The molecule has 1 N–H and O–H groups in total. The van der Waals surface area contributed by atoms with Crippen LogP contribution in [0.1, 0.15) is 24.8 Å². The standard InChI is InChI=1S/C17H26N2O3/c1-21-17(22-2)10-13-19(14-11-17)16(20)18-12-6-9-15-7-4-3-5-8-15/h3-5,7-8H,6,9-14H2,1-2H3,(H,18,20). The number of nitrogens with zero attached hydrogens (tertiary/aromatic N) is 1. The molecular formula is C17H26N2O3. The van der Waals surface area contributed by atoms with Crippen molar-refractivity contribution >= 4 is 6.03 Å². The number of hydrogen-bond donors (Lipinski definition) is 1. The quantitative estimate of drug-likeness (QED) is 0.648. The molecule has 1 heterocycles. The van der Waals surface area contributed by atoms with Gasteiger partial charge in [-0.15, -0.1) is 0 Å². The van der Waals surface area contributed by atoms with Crippen LogP contribution in [0.2, 0.25) is 0 Å². The normalized spacial score (nSPS) is 17.3. The number of amides is 2. The van der Waals surface area contributed by atoms with E-state index >= 15 is 0 Å². The summed E-state index contributed by atoms with van der Waals surface area (Å²) >= 11 is 0. The van der Waals surface area contributed by atoms with Gasteiger partial charge < -0.3 is 19.7 Å². The molecule has 0 bridgehead atoms. The van der Waals surface area contributed by atoms with Gasteiger partial charge in [-0.05, 0) is 18.4 Å². The molecule has 122 valence electrons. The number of hydrogen-bond acceptors (Lipinski definition) is 3. The van der Waals surface area contributed by atoms with Crippen LogP contribution in [0.3, 0.4) is 0 Å². The molecule has 0 aromatic heterocycles. The van der Waals surface area contributed by atoms with Crippen LogP contribution in [0.15, 0.2) is 30.3 Å². The number of urea groups is 1. The van der Waals surface area contributed by atoms with Crippen molar-refractivity contribution in [2.45, 2.75) is 31.5 Å². The van der Waals surface area contributed by atoms with Crippen molar-refractivity contribution in [2.75, 3.05) is 33.9 Å². The van der Waals surface area contributed by atoms with Gasteiger partial charge in [-0.2, -0.15) is 0 Å². The van der Waals surface area contributed by atoms with Crippen LogP contribution in [0.25, 0.3) is 0 Å². The lowest BCUT2D eigenvalue weighted by Gasteiger charge is -2.39. The highest BCUT2D eigenvalue weighted by Gasteiger charge is 2.35. The Bertz CT molecular complexity index is 450. The van der Waals surface area contributed by atoms with Crippen LogP contribution in [0.4, 0.5) is 4.79 Å². The lowest BCUT2D eigenvalue weighted by Crippen LogP contribution is -2.51. The van der Waals surface area contributed by atoms with Crippen molar-refractivity contribution in [3.8, 4) is 0 Å². The summed E-state index contributed by atoms with van der Waals surface area (Å²) in [6.07, 6.45) is 3.34. The number of piperidine rings is 1. The van der Waals surface area contributed by atoms with Gasteiger partial charge in [0.2, 0.25) is 0 Å². The molecule has 0 atom stereocenters. The second-order valence-corrected chi connectivity index (χ2v) is 5.63. The summed E-state index contributed by atoms with van der Waals surface area (Å²) in [6.45, 7) is 2.02. The highest BCUT2D eigenvalue weighted by Crippen LogP contribution is 2.26. The Morgan fingerprint density at radius 3 is 2.41 bits per heavy atom. The molecule has 0 aliphatic carbocycles. The van der Waals surface area contributed by atoms with E-state index in [-0.39, 0.29) is 6.03 Å². The second kappa shape index (κ2) is 8.15. The van der Waals surface area contributed by atoms with Gasteiger partial charge in [-0.3, -0.25) is 0 Å². The van der Waals surface area contributed by atoms with Crippen LogP contribution in [-0.4, -0.2) is 50.6 Å². The van der Waals surface area contributed by atoms with Gasteiger partial charge in [-0.1, -0.05) is 30.3 Å². The Morgan fingerprint density at radius 2 is 1.82 bits per heavy atom. The number of aryl methyl sites for hydroxylation is 1. The summed E-state index contributed by atoms with van der Waals surface area (Å²) in [4.78, 5) is 14.0. The maximum absolute atomic E-state index is 12.1. The zero-order valence-electron chi connectivity index (χ0n) is 13.5. The van der Waals surface area contributed by atoms with E-state index in [9.17, 15) is 4.79 Å². The number of benzene rings is 1. The molecule has 22 heavy (non-hydrogen) atoms. The fourth-order valence-corrected chi connectivity index (χ4v) is 2.79. The zero-order valence-corrected chi connectivity index (χ0v) is 13.5. The van der Waals surface area contributed by atoms with E-state index in [1.807, 2.05) is 23.1 Å². The van der Waals surface area contributed by atoms with Crippen LogP contribution < -0.4 is 5.32 Å². The van der Waals surface area contributed by atoms with Crippen LogP contribution in [0, 0.1) is 0 Å². The van der Waals surface area contributed by atoms with Crippen molar-refractivity contribution in [3.05, 3.63) is 35.9 Å². The molecule has 0 unspecified atom stereocenters.